The number of aliphatic hydroxyl groups is 1. The van der Waals surface area contributed by atoms with Crippen LogP contribution in [0.2, 0.25) is 0 Å². The molecule has 0 bridgehead atoms. The van der Waals surface area contributed by atoms with Crippen LogP contribution in [0.15, 0.2) is 95.5 Å². The monoisotopic (exact) mass is 423 g/mol. The fraction of sp³-hybridized carbons (Fsp3) is 0.308. The van der Waals surface area contributed by atoms with Gasteiger partial charge in [-0.1, -0.05) is 54.7 Å². The zero-order valence-corrected chi connectivity index (χ0v) is 19.7. The average Bonchev–Trinajstić information content (AvgIpc) is 3.18. The summed E-state index contributed by atoms with van der Waals surface area (Å²) < 4.78 is 8.84. The Bertz CT molecular complexity index is 976. The number of aromatic nitrogens is 1. The summed E-state index contributed by atoms with van der Waals surface area (Å²) in [7, 11) is -0.863. The summed E-state index contributed by atoms with van der Waals surface area (Å²) in [6, 6.07) is 10.6. The first-order valence-corrected chi connectivity index (χ1v) is 11.8. The number of allylic oxidation sites excluding steroid dienone is 9. The average molecular weight is 424 g/mol. The number of para-hydroxylation sites is 1. The quantitative estimate of drug-likeness (QED) is 0.186. The predicted molar refractivity (Wildman–Crippen MR) is 132 cm³/mol. The molecule has 2 rings (SSSR count). The number of hydrogen-bond donors (Lipinski definition) is 1. The maximum Gasteiger partial charge on any atom is 0.199 e. The molecule has 1 aromatic carbocycles. The highest BCUT2D eigenvalue weighted by atomic mass is 31.2. The van der Waals surface area contributed by atoms with Gasteiger partial charge in [0.2, 0.25) is 0 Å². The number of rotatable bonds is 10. The first-order valence-electron chi connectivity index (χ1n) is 10.4. The minimum absolute atomic E-state index is 0.0531. The Morgan fingerprint density at radius 1 is 1.03 bits per heavy atom. The van der Waals surface area contributed by atoms with Gasteiger partial charge >= 0.3 is 0 Å². The highest BCUT2D eigenvalue weighted by molar-refractivity contribution is 7.51. The molecule has 1 N–H and O–H groups in total. The fourth-order valence-corrected chi connectivity index (χ4v) is 4.98. The lowest BCUT2D eigenvalue weighted by molar-refractivity contribution is 0.342. The smallest absolute Gasteiger partial charge is 0.199 e. The van der Waals surface area contributed by atoms with Gasteiger partial charge in [-0.3, -0.25) is 4.34 Å². The summed E-state index contributed by atoms with van der Waals surface area (Å²) in [5.74, 6) is 0.976. The Kier molecular flexibility index (Phi) is 9.86. The van der Waals surface area contributed by atoms with E-state index in [1.165, 1.54) is 22.0 Å². The lowest BCUT2D eigenvalue weighted by Crippen LogP contribution is -1.99. The predicted octanol–water partition coefficient (Wildman–Crippen LogP) is 7.52. The molecule has 160 valence electrons. The maximum atomic E-state index is 9.07. The van der Waals surface area contributed by atoms with Gasteiger partial charge in [-0.05, 0) is 75.3 Å². The molecule has 3 nitrogen and oxygen atoms in total. The van der Waals surface area contributed by atoms with Gasteiger partial charge < -0.3 is 9.63 Å². The van der Waals surface area contributed by atoms with Crippen molar-refractivity contribution in [1.29, 1.82) is 0 Å². The van der Waals surface area contributed by atoms with Gasteiger partial charge in [0, 0.05) is 12.4 Å². The number of benzene rings is 1. The van der Waals surface area contributed by atoms with Gasteiger partial charge in [0.25, 0.3) is 0 Å². The van der Waals surface area contributed by atoms with Crippen molar-refractivity contribution in [1.82, 2.24) is 4.34 Å². The molecule has 1 heterocycles. The van der Waals surface area contributed by atoms with Gasteiger partial charge in [-0.25, -0.2) is 0 Å². The van der Waals surface area contributed by atoms with E-state index in [-0.39, 0.29) is 6.61 Å². The Morgan fingerprint density at radius 3 is 2.50 bits per heavy atom. The molecule has 0 aliphatic heterocycles. The van der Waals surface area contributed by atoms with Gasteiger partial charge in [-0.2, -0.15) is 0 Å². The second kappa shape index (κ2) is 12.4. The van der Waals surface area contributed by atoms with Crippen LogP contribution in [0.25, 0.3) is 10.9 Å². The number of hydrogen-bond acceptors (Lipinski definition) is 2. The number of fused-ring (bicyclic) bond motifs is 1. The second-order valence-electron chi connectivity index (χ2n) is 7.22. The van der Waals surface area contributed by atoms with Crippen LogP contribution in [0, 0.1) is 0 Å². The van der Waals surface area contributed by atoms with Gasteiger partial charge in [0.1, 0.15) is 0 Å². The van der Waals surface area contributed by atoms with Crippen LogP contribution in [-0.4, -0.2) is 22.2 Å². The lowest BCUT2D eigenvalue weighted by atomic mass is 10.00. The Morgan fingerprint density at radius 2 is 1.80 bits per heavy atom. The van der Waals surface area contributed by atoms with Crippen LogP contribution >= 0.6 is 8.30 Å². The van der Waals surface area contributed by atoms with Crippen molar-refractivity contribution >= 4 is 19.2 Å². The van der Waals surface area contributed by atoms with Crippen molar-refractivity contribution < 1.29 is 9.63 Å². The van der Waals surface area contributed by atoms with E-state index in [2.05, 4.69) is 85.9 Å². The van der Waals surface area contributed by atoms with Crippen LogP contribution in [0.1, 0.15) is 41.0 Å². The molecule has 1 atom stereocenters. The minimum atomic E-state index is -0.863. The van der Waals surface area contributed by atoms with E-state index in [1.54, 1.807) is 6.08 Å². The molecule has 2 aromatic rings. The molecule has 1 aromatic heterocycles. The molecule has 0 radical (unpaired) electrons. The maximum absolute atomic E-state index is 9.07. The molecule has 0 saturated carbocycles. The molecule has 0 aliphatic rings. The topological polar surface area (TPSA) is 34.4 Å². The van der Waals surface area contributed by atoms with Crippen molar-refractivity contribution in [3.05, 3.63) is 95.5 Å². The Labute approximate surface area is 182 Å². The highest BCUT2D eigenvalue weighted by Gasteiger charge is 2.16. The van der Waals surface area contributed by atoms with Crippen LogP contribution < -0.4 is 0 Å². The summed E-state index contributed by atoms with van der Waals surface area (Å²) >= 11 is 0. The Balaban J connectivity index is 2.31. The lowest BCUT2D eigenvalue weighted by Gasteiger charge is -2.21. The van der Waals surface area contributed by atoms with E-state index in [1.807, 2.05) is 19.9 Å². The van der Waals surface area contributed by atoms with Gasteiger partial charge in [-0.15, -0.1) is 0 Å². The summed E-state index contributed by atoms with van der Waals surface area (Å²) in [4.78, 5) is 0. The standard InChI is InChI=1S/C26H34NO2P/c1-6-8-19-30(27-17-16-24-14-9-10-15-26(24)27)29-23(5)22(4)20-25(12-7-2)21(3)13-11-18-28/h6-17,28H,18-20H2,1-5H3/b8-6-,12-7-,13-11-,23-22-,25-21-. The highest BCUT2D eigenvalue weighted by Crippen LogP contribution is 2.44. The zero-order valence-electron chi connectivity index (χ0n) is 18.8. The molecule has 0 amide bonds. The summed E-state index contributed by atoms with van der Waals surface area (Å²) in [5.41, 5.74) is 4.80. The van der Waals surface area contributed by atoms with Crippen molar-refractivity contribution in [3.63, 3.8) is 0 Å². The molecular formula is C26H34NO2P. The third kappa shape index (κ3) is 6.58. The van der Waals surface area contributed by atoms with Crippen molar-refractivity contribution in [3.8, 4) is 0 Å². The zero-order chi connectivity index (χ0) is 21.9. The molecule has 0 spiro atoms. The van der Waals surface area contributed by atoms with Crippen molar-refractivity contribution in [2.24, 2.45) is 0 Å². The van der Waals surface area contributed by atoms with Crippen LogP contribution in [-0.2, 0) is 4.52 Å². The van der Waals surface area contributed by atoms with E-state index < -0.39 is 8.30 Å². The summed E-state index contributed by atoms with van der Waals surface area (Å²) in [6.07, 6.45) is 16.0. The third-order valence-corrected chi connectivity index (χ3v) is 6.80. The molecular weight excluding hydrogens is 389 g/mol. The van der Waals surface area contributed by atoms with Gasteiger partial charge in [0.15, 0.2) is 8.30 Å². The normalized spacial score (nSPS) is 15.3. The van der Waals surface area contributed by atoms with E-state index in [0.29, 0.717) is 0 Å². The molecule has 30 heavy (non-hydrogen) atoms. The molecule has 0 fully saturated rings. The summed E-state index contributed by atoms with van der Waals surface area (Å²) in [6.45, 7) is 10.4. The largest absolute Gasteiger partial charge is 0.457 e. The molecule has 0 aliphatic carbocycles. The van der Waals surface area contributed by atoms with Crippen LogP contribution in [0.4, 0.5) is 0 Å². The third-order valence-electron chi connectivity index (χ3n) is 4.96. The molecule has 0 saturated heterocycles. The summed E-state index contributed by atoms with van der Waals surface area (Å²) in [5, 5.41) is 10.3. The first-order chi connectivity index (χ1) is 14.5. The van der Waals surface area contributed by atoms with E-state index in [4.69, 9.17) is 9.63 Å². The SMILES string of the molecule is C/C=C\CP(O/C(C)=C(/C)CC(/C=C\C)=C(C)\C=C/CO)n1ccc2ccccc21. The van der Waals surface area contributed by atoms with Gasteiger partial charge in [0.05, 0.1) is 17.9 Å². The van der Waals surface area contributed by atoms with E-state index in [0.717, 1.165) is 23.9 Å². The van der Waals surface area contributed by atoms with Crippen LogP contribution in [0.3, 0.4) is 0 Å². The number of aliphatic hydroxyl groups excluding tert-OH is 1. The molecule has 4 heteroatoms. The fourth-order valence-electron chi connectivity index (χ4n) is 3.14. The molecule has 1 unspecified atom stereocenters. The number of nitrogens with zero attached hydrogens (tertiary/aromatic N) is 1. The first kappa shape index (κ1) is 23.9. The van der Waals surface area contributed by atoms with E-state index >= 15 is 0 Å². The second-order valence-corrected chi connectivity index (χ2v) is 8.90. The van der Waals surface area contributed by atoms with E-state index in [9.17, 15) is 0 Å². The van der Waals surface area contributed by atoms with Crippen LogP contribution in [0.5, 0.6) is 0 Å². The minimum Gasteiger partial charge on any atom is -0.457 e. The Hall–Kier alpha value is -2.35. The van der Waals surface area contributed by atoms with Crippen molar-refractivity contribution in [2.75, 3.05) is 12.8 Å². The van der Waals surface area contributed by atoms with Crippen molar-refractivity contribution in [2.45, 2.75) is 41.0 Å².